The number of aromatic hydroxyl groups is 1. The summed E-state index contributed by atoms with van der Waals surface area (Å²) in [5.74, 6) is 0.891. The van der Waals surface area contributed by atoms with Crippen LogP contribution in [-0.2, 0) is 4.74 Å². The molecule has 0 saturated carbocycles. The van der Waals surface area contributed by atoms with Crippen molar-refractivity contribution in [3.8, 4) is 17.2 Å². The summed E-state index contributed by atoms with van der Waals surface area (Å²) >= 11 is 0. The van der Waals surface area contributed by atoms with Crippen molar-refractivity contribution < 1.29 is 24.1 Å². The van der Waals surface area contributed by atoms with Crippen LogP contribution < -0.4 is 9.47 Å². The number of benzene rings is 2. The number of phenolic OH excluding ortho intramolecular Hbond substituents is 1. The van der Waals surface area contributed by atoms with Crippen LogP contribution in [0.25, 0.3) is 12.2 Å². The van der Waals surface area contributed by atoms with Gasteiger partial charge in [-0.1, -0.05) is 24.3 Å². The van der Waals surface area contributed by atoms with Crippen molar-refractivity contribution in [3.63, 3.8) is 0 Å². The molecule has 0 amide bonds. The number of rotatable bonds is 8. The Bertz CT molecular complexity index is 704. The van der Waals surface area contributed by atoms with Gasteiger partial charge in [-0.25, -0.2) is 0 Å². The molecule has 0 heterocycles. The minimum Gasteiger partial charge on any atom is -0.504 e. The highest BCUT2D eigenvalue weighted by Gasteiger charge is 2.08. The minimum absolute atomic E-state index is 0.151. The topological polar surface area (TPSA) is 65.0 Å². The molecule has 2 aromatic carbocycles. The van der Waals surface area contributed by atoms with Crippen LogP contribution in [-0.4, -0.2) is 38.8 Å². The maximum atomic E-state index is 11.0. The number of hydrogen-bond donors (Lipinski definition) is 1. The number of carbonyl (C=O) groups is 1. The molecule has 5 heteroatoms. The Morgan fingerprint density at radius 2 is 1.71 bits per heavy atom. The predicted molar refractivity (Wildman–Crippen MR) is 92.8 cm³/mol. The maximum absolute atomic E-state index is 11.0. The molecule has 0 fully saturated rings. The van der Waals surface area contributed by atoms with Crippen molar-refractivity contribution in [2.75, 3.05) is 27.4 Å². The van der Waals surface area contributed by atoms with E-state index in [-0.39, 0.29) is 17.1 Å². The van der Waals surface area contributed by atoms with Gasteiger partial charge in [0.1, 0.15) is 12.4 Å². The average molecular weight is 328 g/mol. The van der Waals surface area contributed by atoms with Gasteiger partial charge in [0, 0.05) is 7.11 Å². The monoisotopic (exact) mass is 328 g/mol. The van der Waals surface area contributed by atoms with Gasteiger partial charge in [0.15, 0.2) is 17.8 Å². The van der Waals surface area contributed by atoms with E-state index in [0.29, 0.717) is 19.5 Å². The predicted octanol–water partition coefficient (Wildman–Crippen LogP) is 3.41. The molecule has 5 nitrogen and oxygen atoms in total. The number of methoxy groups -OCH3 is 2. The third-order valence-corrected chi connectivity index (χ3v) is 3.38. The third-order valence-electron chi connectivity index (χ3n) is 3.38. The van der Waals surface area contributed by atoms with Gasteiger partial charge in [-0.3, -0.25) is 4.79 Å². The van der Waals surface area contributed by atoms with Crippen molar-refractivity contribution >= 4 is 18.4 Å². The van der Waals surface area contributed by atoms with Crippen LogP contribution >= 0.6 is 0 Å². The fraction of sp³-hybridized carbons (Fsp3) is 0.211. The van der Waals surface area contributed by atoms with Gasteiger partial charge in [-0.15, -0.1) is 0 Å². The van der Waals surface area contributed by atoms with E-state index in [1.807, 2.05) is 36.4 Å². The molecule has 0 aliphatic carbocycles. The summed E-state index contributed by atoms with van der Waals surface area (Å²) in [6.45, 7) is 1.05. The third kappa shape index (κ3) is 4.60. The van der Waals surface area contributed by atoms with Crippen LogP contribution in [0.15, 0.2) is 36.4 Å². The number of ether oxygens (including phenoxy) is 3. The lowest BCUT2D eigenvalue weighted by molar-refractivity contribution is 0.112. The zero-order chi connectivity index (χ0) is 17.4. The van der Waals surface area contributed by atoms with E-state index in [4.69, 9.17) is 14.2 Å². The zero-order valence-electron chi connectivity index (χ0n) is 13.7. The Labute approximate surface area is 141 Å². The van der Waals surface area contributed by atoms with E-state index in [1.54, 1.807) is 19.2 Å². The molecule has 0 radical (unpaired) electrons. The second kappa shape index (κ2) is 8.74. The Morgan fingerprint density at radius 1 is 1.00 bits per heavy atom. The smallest absolute Gasteiger partial charge is 0.168 e. The SMILES string of the molecule is COCCOc1ccc(/C=C/c2cc(C=O)c(O)c(OC)c2)cc1. The lowest BCUT2D eigenvalue weighted by Gasteiger charge is -2.07. The van der Waals surface area contributed by atoms with Crippen LogP contribution in [0.5, 0.6) is 17.2 Å². The van der Waals surface area contributed by atoms with Crippen molar-refractivity contribution in [1.82, 2.24) is 0 Å². The van der Waals surface area contributed by atoms with Gasteiger partial charge in [-0.05, 0) is 35.4 Å². The van der Waals surface area contributed by atoms with Crippen LogP contribution in [0.2, 0.25) is 0 Å². The quantitative estimate of drug-likeness (QED) is 0.457. The second-order valence-corrected chi connectivity index (χ2v) is 5.02. The molecule has 0 unspecified atom stereocenters. The molecule has 0 atom stereocenters. The summed E-state index contributed by atoms with van der Waals surface area (Å²) in [6, 6.07) is 10.9. The van der Waals surface area contributed by atoms with Crippen LogP contribution in [0.4, 0.5) is 0 Å². The zero-order valence-corrected chi connectivity index (χ0v) is 13.7. The van der Waals surface area contributed by atoms with Crippen LogP contribution in [0.1, 0.15) is 21.5 Å². The lowest BCUT2D eigenvalue weighted by atomic mass is 10.1. The molecule has 2 aromatic rings. The molecule has 0 aliphatic heterocycles. The Balaban J connectivity index is 2.11. The molecule has 0 aliphatic rings. The van der Waals surface area contributed by atoms with E-state index < -0.39 is 0 Å². The number of carbonyl (C=O) groups excluding carboxylic acids is 1. The normalized spacial score (nSPS) is 10.8. The van der Waals surface area contributed by atoms with Gasteiger partial charge in [0.05, 0.1) is 19.3 Å². The highest BCUT2D eigenvalue weighted by Crippen LogP contribution is 2.31. The van der Waals surface area contributed by atoms with Gasteiger partial charge in [-0.2, -0.15) is 0 Å². The van der Waals surface area contributed by atoms with E-state index >= 15 is 0 Å². The van der Waals surface area contributed by atoms with Crippen molar-refractivity contribution in [2.45, 2.75) is 0 Å². The Morgan fingerprint density at radius 3 is 2.33 bits per heavy atom. The van der Waals surface area contributed by atoms with Gasteiger partial charge in [0.25, 0.3) is 0 Å². The van der Waals surface area contributed by atoms with Crippen molar-refractivity contribution in [3.05, 3.63) is 53.1 Å². The number of hydrogen-bond acceptors (Lipinski definition) is 5. The molecule has 126 valence electrons. The highest BCUT2D eigenvalue weighted by molar-refractivity contribution is 5.84. The fourth-order valence-corrected chi connectivity index (χ4v) is 2.10. The summed E-state index contributed by atoms with van der Waals surface area (Å²) in [7, 11) is 3.07. The standard InChI is InChI=1S/C19H20O5/c1-22-9-10-24-17-7-5-14(6-8-17)3-4-15-11-16(13-20)19(21)18(12-15)23-2/h3-8,11-13,21H,9-10H2,1-2H3/b4-3+. The summed E-state index contributed by atoms with van der Waals surface area (Å²) in [4.78, 5) is 11.0. The number of aldehydes is 1. The van der Waals surface area contributed by atoms with Gasteiger partial charge < -0.3 is 19.3 Å². The van der Waals surface area contributed by atoms with E-state index in [9.17, 15) is 9.90 Å². The summed E-state index contributed by atoms with van der Waals surface area (Å²) in [5, 5.41) is 9.81. The lowest BCUT2D eigenvalue weighted by Crippen LogP contribution is -2.03. The molecular formula is C19H20O5. The van der Waals surface area contributed by atoms with E-state index in [2.05, 4.69) is 0 Å². The Kier molecular flexibility index (Phi) is 6.40. The first-order valence-electron chi connectivity index (χ1n) is 7.44. The average Bonchev–Trinajstić information content (AvgIpc) is 2.62. The molecule has 0 bridgehead atoms. The first-order chi connectivity index (χ1) is 11.7. The molecular weight excluding hydrogens is 308 g/mol. The van der Waals surface area contributed by atoms with Crippen LogP contribution in [0, 0.1) is 0 Å². The van der Waals surface area contributed by atoms with E-state index in [1.165, 1.54) is 7.11 Å². The fourth-order valence-electron chi connectivity index (χ4n) is 2.10. The van der Waals surface area contributed by atoms with Gasteiger partial charge in [0.2, 0.25) is 0 Å². The Hall–Kier alpha value is -2.79. The largest absolute Gasteiger partial charge is 0.504 e. The molecule has 0 saturated heterocycles. The summed E-state index contributed by atoms with van der Waals surface area (Å²) < 4.78 is 15.5. The maximum Gasteiger partial charge on any atom is 0.168 e. The minimum atomic E-state index is -0.151. The van der Waals surface area contributed by atoms with Crippen molar-refractivity contribution in [2.24, 2.45) is 0 Å². The molecule has 24 heavy (non-hydrogen) atoms. The van der Waals surface area contributed by atoms with Crippen molar-refractivity contribution in [1.29, 1.82) is 0 Å². The number of phenols is 1. The van der Waals surface area contributed by atoms with Gasteiger partial charge >= 0.3 is 0 Å². The second-order valence-electron chi connectivity index (χ2n) is 5.02. The molecule has 1 N–H and O–H groups in total. The van der Waals surface area contributed by atoms with E-state index in [0.717, 1.165) is 16.9 Å². The first kappa shape index (κ1) is 17.6. The summed E-state index contributed by atoms with van der Waals surface area (Å²) in [6.07, 6.45) is 4.34. The van der Waals surface area contributed by atoms with Crippen LogP contribution in [0.3, 0.4) is 0 Å². The molecule has 2 rings (SSSR count). The molecule has 0 aromatic heterocycles. The highest BCUT2D eigenvalue weighted by atomic mass is 16.5. The molecule has 0 spiro atoms. The first-order valence-corrected chi connectivity index (χ1v) is 7.44. The summed E-state index contributed by atoms with van der Waals surface area (Å²) in [5.41, 5.74) is 1.93.